The van der Waals surface area contributed by atoms with Crippen LogP contribution in [0.2, 0.25) is 0 Å². The average Bonchev–Trinajstić information content (AvgIpc) is 3.04. The first-order chi connectivity index (χ1) is 11.1. The van der Waals surface area contributed by atoms with Crippen molar-refractivity contribution in [3.63, 3.8) is 0 Å². The summed E-state index contributed by atoms with van der Waals surface area (Å²) in [4.78, 5) is 0. The van der Waals surface area contributed by atoms with Crippen LogP contribution in [0.1, 0.15) is 11.1 Å². The minimum atomic E-state index is -0.242. The molecular weight excluding hydrogens is 300 g/mol. The lowest BCUT2D eigenvalue weighted by atomic mass is 10.0. The van der Waals surface area contributed by atoms with Gasteiger partial charge in [0, 0.05) is 0 Å². The van der Waals surface area contributed by atoms with Gasteiger partial charge in [0.25, 0.3) is 0 Å². The Balaban J connectivity index is 1.80. The summed E-state index contributed by atoms with van der Waals surface area (Å²) >= 11 is 0. The van der Waals surface area contributed by atoms with Gasteiger partial charge in [-0.1, -0.05) is 6.07 Å². The molecule has 2 aromatic rings. The van der Waals surface area contributed by atoms with Gasteiger partial charge in [-0.3, -0.25) is 0 Å². The van der Waals surface area contributed by atoms with Crippen LogP contribution in [0.25, 0.3) is 0 Å². The fourth-order valence-corrected chi connectivity index (χ4v) is 2.58. The molecule has 1 heterocycles. The molecule has 0 saturated carbocycles. The molecule has 1 aliphatic rings. The van der Waals surface area contributed by atoms with Crippen LogP contribution in [0.3, 0.4) is 0 Å². The van der Waals surface area contributed by atoms with Gasteiger partial charge < -0.3 is 29.2 Å². The monoisotopic (exact) mass is 318 g/mol. The fraction of sp³-hybridized carbons (Fsp3) is 0.294. The summed E-state index contributed by atoms with van der Waals surface area (Å²) in [7, 11) is 3.02. The molecule has 0 amide bonds. The van der Waals surface area contributed by atoms with Crippen LogP contribution < -0.4 is 18.9 Å². The standard InChI is InChI=1S/C17H18O6/c1-20-12-6-5-11(15(18)16(12)19)4-3-10-7-13(21-2)17-14(8-10)22-9-23-17/h5-8,18-19H,3-4,9H2,1-2H3. The van der Waals surface area contributed by atoms with Gasteiger partial charge in [0.2, 0.25) is 18.3 Å². The molecule has 0 spiro atoms. The molecule has 0 aliphatic carbocycles. The van der Waals surface area contributed by atoms with E-state index in [2.05, 4.69) is 0 Å². The minimum absolute atomic E-state index is 0.156. The Hall–Kier alpha value is -2.76. The summed E-state index contributed by atoms with van der Waals surface area (Å²) in [6.45, 7) is 0.183. The van der Waals surface area contributed by atoms with Gasteiger partial charge >= 0.3 is 0 Å². The fourth-order valence-electron chi connectivity index (χ4n) is 2.58. The lowest BCUT2D eigenvalue weighted by Gasteiger charge is -2.11. The molecule has 122 valence electrons. The second-order valence-corrected chi connectivity index (χ2v) is 5.16. The highest BCUT2D eigenvalue weighted by molar-refractivity contribution is 5.56. The first-order valence-electron chi connectivity index (χ1n) is 7.18. The van der Waals surface area contributed by atoms with E-state index in [0.29, 0.717) is 35.7 Å². The van der Waals surface area contributed by atoms with Crippen molar-refractivity contribution in [1.82, 2.24) is 0 Å². The number of phenols is 2. The highest BCUT2D eigenvalue weighted by atomic mass is 16.7. The molecule has 2 aromatic carbocycles. The SMILES string of the molecule is COc1ccc(CCc2cc(OC)c3c(c2)OCO3)c(O)c1O. The van der Waals surface area contributed by atoms with Crippen LogP contribution in [0.4, 0.5) is 0 Å². The third kappa shape index (κ3) is 2.79. The number of ether oxygens (including phenoxy) is 4. The smallest absolute Gasteiger partial charge is 0.231 e. The average molecular weight is 318 g/mol. The van der Waals surface area contributed by atoms with Crippen LogP contribution >= 0.6 is 0 Å². The molecule has 23 heavy (non-hydrogen) atoms. The van der Waals surface area contributed by atoms with Crippen molar-refractivity contribution in [2.24, 2.45) is 0 Å². The van der Waals surface area contributed by atoms with Crippen molar-refractivity contribution >= 4 is 0 Å². The number of aryl methyl sites for hydroxylation is 2. The molecular formula is C17H18O6. The Morgan fingerprint density at radius 3 is 2.48 bits per heavy atom. The van der Waals surface area contributed by atoms with Gasteiger partial charge in [0.15, 0.2) is 23.0 Å². The number of hydrogen-bond donors (Lipinski definition) is 2. The number of methoxy groups -OCH3 is 2. The predicted octanol–water partition coefficient (Wildman–Crippen LogP) is 2.63. The maximum absolute atomic E-state index is 10.0. The number of rotatable bonds is 5. The van der Waals surface area contributed by atoms with Crippen molar-refractivity contribution in [2.45, 2.75) is 12.8 Å². The van der Waals surface area contributed by atoms with Gasteiger partial charge in [-0.15, -0.1) is 0 Å². The number of phenolic OH excluding ortho intramolecular Hbond substituents is 2. The molecule has 0 aromatic heterocycles. The highest BCUT2D eigenvalue weighted by Crippen LogP contribution is 2.42. The van der Waals surface area contributed by atoms with E-state index in [1.54, 1.807) is 19.2 Å². The van der Waals surface area contributed by atoms with Gasteiger partial charge in [-0.25, -0.2) is 0 Å². The summed E-state index contributed by atoms with van der Waals surface area (Å²) in [5.41, 5.74) is 1.63. The van der Waals surface area contributed by atoms with E-state index in [1.807, 2.05) is 12.1 Å². The molecule has 0 fully saturated rings. The van der Waals surface area contributed by atoms with Crippen LogP contribution in [0, 0.1) is 0 Å². The van der Waals surface area contributed by atoms with Gasteiger partial charge in [-0.05, 0) is 42.2 Å². The lowest BCUT2D eigenvalue weighted by molar-refractivity contribution is 0.171. The van der Waals surface area contributed by atoms with Crippen molar-refractivity contribution in [3.8, 4) is 34.5 Å². The summed E-state index contributed by atoms with van der Waals surface area (Å²) in [5, 5.41) is 19.9. The van der Waals surface area contributed by atoms with E-state index < -0.39 is 0 Å². The van der Waals surface area contributed by atoms with E-state index in [4.69, 9.17) is 18.9 Å². The van der Waals surface area contributed by atoms with Crippen LogP contribution in [-0.4, -0.2) is 31.2 Å². The zero-order chi connectivity index (χ0) is 16.4. The predicted molar refractivity (Wildman–Crippen MR) is 82.8 cm³/mol. The third-order valence-corrected chi connectivity index (χ3v) is 3.82. The lowest BCUT2D eigenvalue weighted by Crippen LogP contribution is -1.95. The molecule has 0 saturated heterocycles. The second-order valence-electron chi connectivity index (χ2n) is 5.16. The Morgan fingerprint density at radius 1 is 0.957 bits per heavy atom. The van der Waals surface area contributed by atoms with Crippen molar-refractivity contribution in [1.29, 1.82) is 0 Å². The molecule has 0 radical (unpaired) electrons. The van der Waals surface area contributed by atoms with Crippen LogP contribution in [0.5, 0.6) is 34.5 Å². The molecule has 1 aliphatic heterocycles. The van der Waals surface area contributed by atoms with E-state index in [1.165, 1.54) is 7.11 Å². The second kappa shape index (κ2) is 6.16. The van der Waals surface area contributed by atoms with Gasteiger partial charge in [0.05, 0.1) is 14.2 Å². The Bertz CT molecular complexity index is 726. The molecule has 0 unspecified atom stereocenters. The van der Waals surface area contributed by atoms with Crippen molar-refractivity contribution in [3.05, 3.63) is 35.4 Å². The number of fused-ring (bicyclic) bond motifs is 1. The van der Waals surface area contributed by atoms with Gasteiger partial charge in [0.1, 0.15) is 0 Å². The third-order valence-electron chi connectivity index (χ3n) is 3.82. The Kier molecular flexibility index (Phi) is 4.06. The van der Waals surface area contributed by atoms with E-state index in [9.17, 15) is 10.2 Å². The van der Waals surface area contributed by atoms with Crippen molar-refractivity contribution < 1.29 is 29.2 Å². The molecule has 0 bridgehead atoms. The summed E-state index contributed by atoms with van der Waals surface area (Å²) in [5.74, 6) is 1.74. The van der Waals surface area contributed by atoms with Crippen molar-refractivity contribution in [2.75, 3.05) is 21.0 Å². The minimum Gasteiger partial charge on any atom is -0.504 e. The first kappa shape index (κ1) is 15.1. The highest BCUT2D eigenvalue weighted by Gasteiger charge is 2.20. The maximum Gasteiger partial charge on any atom is 0.231 e. The topological polar surface area (TPSA) is 77.4 Å². The molecule has 0 atom stereocenters. The summed E-state index contributed by atoms with van der Waals surface area (Å²) in [6.07, 6.45) is 1.19. The van der Waals surface area contributed by atoms with Crippen LogP contribution in [-0.2, 0) is 12.8 Å². The van der Waals surface area contributed by atoms with Gasteiger partial charge in [-0.2, -0.15) is 0 Å². The number of benzene rings is 2. The molecule has 6 heteroatoms. The Labute approximate surface area is 133 Å². The Morgan fingerprint density at radius 2 is 1.74 bits per heavy atom. The largest absolute Gasteiger partial charge is 0.504 e. The quantitative estimate of drug-likeness (QED) is 0.825. The zero-order valence-corrected chi connectivity index (χ0v) is 13.0. The first-order valence-corrected chi connectivity index (χ1v) is 7.18. The van der Waals surface area contributed by atoms with E-state index in [0.717, 1.165) is 5.56 Å². The van der Waals surface area contributed by atoms with E-state index >= 15 is 0 Å². The normalized spacial score (nSPS) is 12.3. The summed E-state index contributed by atoms with van der Waals surface area (Å²) < 4.78 is 21.0. The molecule has 3 rings (SSSR count). The summed E-state index contributed by atoms with van der Waals surface area (Å²) in [6, 6.07) is 7.14. The molecule has 2 N–H and O–H groups in total. The van der Waals surface area contributed by atoms with E-state index in [-0.39, 0.29) is 24.0 Å². The molecule has 6 nitrogen and oxygen atoms in total. The van der Waals surface area contributed by atoms with Crippen LogP contribution in [0.15, 0.2) is 24.3 Å². The zero-order valence-electron chi connectivity index (χ0n) is 13.0. The number of hydrogen-bond acceptors (Lipinski definition) is 6. The number of aromatic hydroxyl groups is 2. The maximum atomic E-state index is 10.0.